The number of hydrogen-bond donors (Lipinski definition) is 1. The number of nitrogens with zero attached hydrogens (tertiary/aromatic N) is 6. The van der Waals surface area contributed by atoms with Crippen molar-refractivity contribution in [3.63, 3.8) is 0 Å². The van der Waals surface area contributed by atoms with Crippen LogP contribution in [0.2, 0.25) is 0 Å². The Kier molecular flexibility index (Phi) is 6.44. The molecule has 0 unspecified atom stereocenters. The number of piperidine rings is 1. The Hall–Kier alpha value is -1.89. The van der Waals surface area contributed by atoms with Crippen LogP contribution in [0.5, 0.6) is 0 Å². The maximum Gasteiger partial charge on any atom is 0.256 e. The second-order valence-electron chi connectivity index (χ2n) is 6.76. The molecule has 1 aliphatic heterocycles. The summed E-state index contributed by atoms with van der Waals surface area (Å²) < 4.78 is 1.79. The van der Waals surface area contributed by atoms with Crippen molar-refractivity contribution < 1.29 is 5.11 Å². The highest BCUT2D eigenvalue weighted by Crippen LogP contribution is 2.24. The van der Waals surface area contributed by atoms with Gasteiger partial charge in [0.15, 0.2) is 0 Å². The predicted octanol–water partition coefficient (Wildman–Crippen LogP) is 2.49. The molecule has 1 fully saturated rings. The minimum absolute atomic E-state index is 0.130. The summed E-state index contributed by atoms with van der Waals surface area (Å²) in [4.78, 5) is 13.6. The number of aliphatic hydroxyl groups is 1. The molecule has 1 saturated heterocycles. The van der Waals surface area contributed by atoms with Gasteiger partial charge in [0, 0.05) is 32.2 Å². The first-order valence-corrected chi connectivity index (χ1v) is 9.65. The van der Waals surface area contributed by atoms with Crippen molar-refractivity contribution in [3.05, 3.63) is 12.4 Å². The average molecular weight is 346 g/mol. The fourth-order valence-electron chi connectivity index (χ4n) is 3.49. The van der Waals surface area contributed by atoms with Crippen LogP contribution in [-0.2, 0) is 0 Å². The quantitative estimate of drug-likeness (QED) is 0.704. The lowest BCUT2D eigenvalue weighted by Gasteiger charge is -2.30. The molecule has 7 nitrogen and oxygen atoms in total. The molecular weight excluding hydrogens is 316 g/mol. The average Bonchev–Trinajstić information content (AvgIpc) is 3.13. The zero-order chi connectivity index (χ0) is 17.5. The van der Waals surface area contributed by atoms with Gasteiger partial charge < -0.3 is 14.9 Å². The van der Waals surface area contributed by atoms with E-state index in [1.165, 1.54) is 38.5 Å². The van der Waals surface area contributed by atoms with E-state index in [2.05, 4.69) is 32.9 Å². The van der Waals surface area contributed by atoms with Crippen LogP contribution >= 0.6 is 0 Å². The van der Waals surface area contributed by atoms with Crippen LogP contribution in [-0.4, -0.2) is 57.5 Å². The van der Waals surface area contributed by atoms with Gasteiger partial charge in [-0.25, -0.2) is 0 Å². The standard InChI is InChI=1S/C18H30N6O/c1-2-3-4-6-11-23(12-13-25)17-14-16(22-9-7-5-8-10-22)21-18-19-15-20-24(17)18/h14-15,25H,2-13H2,1H3. The molecule has 2 aromatic rings. The van der Waals surface area contributed by atoms with Crippen molar-refractivity contribution in [1.82, 2.24) is 19.6 Å². The van der Waals surface area contributed by atoms with Crippen molar-refractivity contribution in [2.45, 2.75) is 51.9 Å². The van der Waals surface area contributed by atoms with Gasteiger partial charge in [0.25, 0.3) is 5.78 Å². The molecule has 7 heteroatoms. The van der Waals surface area contributed by atoms with Gasteiger partial charge in [0.05, 0.1) is 6.61 Å². The lowest BCUT2D eigenvalue weighted by molar-refractivity contribution is 0.301. The maximum atomic E-state index is 9.53. The van der Waals surface area contributed by atoms with E-state index < -0.39 is 0 Å². The van der Waals surface area contributed by atoms with E-state index in [1.807, 2.05) is 0 Å². The number of anilines is 2. The topological polar surface area (TPSA) is 69.8 Å². The third kappa shape index (κ3) is 4.39. The van der Waals surface area contributed by atoms with E-state index in [9.17, 15) is 5.11 Å². The molecule has 3 heterocycles. The zero-order valence-corrected chi connectivity index (χ0v) is 15.3. The second kappa shape index (κ2) is 8.99. The summed E-state index contributed by atoms with van der Waals surface area (Å²) in [6, 6.07) is 2.11. The van der Waals surface area contributed by atoms with Crippen LogP contribution in [0.4, 0.5) is 11.6 Å². The number of rotatable bonds is 9. The Balaban J connectivity index is 1.86. The lowest BCUT2D eigenvalue weighted by atomic mass is 10.1. The summed E-state index contributed by atoms with van der Waals surface area (Å²) in [5, 5.41) is 13.9. The van der Waals surface area contributed by atoms with Gasteiger partial charge in [-0.1, -0.05) is 26.2 Å². The molecule has 0 aliphatic carbocycles. The van der Waals surface area contributed by atoms with Crippen molar-refractivity contribution in [1.29, 1.82) is 0 Å². The molecular formula is C18H30N6O. The molecule has 0 saturated carbocycles. The third-order valence-corrected chi connectivity index (χ3v) is 4.88. The van der Waals surface area contributed by atoms with E-state index in [4.69, 9.17) is 4.98 Å². The molecule has 0 spiro atoms. The van der Waals surface area contributed by atoms with Crippen molar-refractivity contribution in [2.75, 3.05) is 42.6 Å². The Morgan fingerprint density at radius 2 is 1.96 bits per heavy atom. The molecule has 1 N–H and O–H groups in total. The number of aromatic nitrogens is 4. The van der Waals surface area contributed by atoms with Crippen molar-refractivity contribution >= 4 is 17.4 Å². The Morgan fingerprint density at radius 3 is 2.72 bits per heavy atom. The maximum absolute atomic E-state index is 9.53. The molecule has 25 heavy (non-hydrogen) atoms. The summed E-state index contributed by atoms with van der Waals surface area (Å²) in [6.07, 6.45) is 10.1. The largest absolute Gasteiger partial charge is 0.395 e. The van der Waals surface area contributed by atoms with Crippen LogP contribution in [0, 0.1) is 0 Å². The van der Waals surface area contributed by atoms with Crippen molar-refractivity contribution in [3.8, 4) is 0 Å². The fourth-order valence-corrected chi connectivity index (χ4v) is 3.49. The summed E-state index contributed by atoms with van der Waals surface area (Å²) in [5.41, 5.74) is 0. The highest BCUT2D eigenvalue weighted by atomic mass is 16.3. The predicted molar refractivity (Wildman–Crippen MR) is 100 cm³/mol. The first-order chi connectivity index (χ1) is 12.3. The summed E-state index contributed by atoms with van der Waals surface area (Å²) in [7, 11) is 0. The van der Waals surface area contributed by atoms with Gasteiger partial charge in [0.2, 0.25) is 0 Å². The van der Waals surface area contributed by atoms with Gasteiger partial charge in [0.1, 0.15) is 18.0 Å². The van der Waals surface area contributed by atoms with E-state index >= 15 is 0 Å². The normalized spacial score (nSPS) is 15.0. The van der Waals surface area contributed by atoms with Crippen LogP contribution in [0.25, 0.3) is 5.78 Å². The number of fused-ring (bicyclic) bond motifs is 1. The van der Waals surface area contributed by atoms with E-state index in [1.54, 1.807) is 10.8 Å². The highest BCUT2D eigenvalue weighted by molar-refractivity contribution is 5.56. The fraction of sp³-hybridized carbons (Fsp3) is 0.722. The van der Waals surface area contributed by atoms with Crippen molar-refractivity contribution in [2.24, 2.45) is 0 Å². The van der Waals surface area contributed by atoms with Gasteiger partial charge in [-0.15, -0.1) is 0 Å². The summed E-state index contributed by atoms with van der Waals surface area (Å²) in [5.74, 6) is 2.59. The zero-order valence-electron chi connectivity index (χ0n) is 15.3. The van der Waals surface area contributed by atoms with Crippen LogP contribution in [0.15, 0.2) is 12.4 Å². The summed E-state index contributed by atoms with van der Waals surface area (Å²) >= 11 is 0. The van der Waals surface area contributed by atoms with E-state index in [0.717, 1.165) is 37.7 Å². The van der Waals surface area contributed by atoms with Crippen LogP contribution < -0.4 is 9.80 Å². The first-order valence-electron chi connectivity index (χ1n) is 9.65. The molecule has 0 radical (unpaired) electrons. The lowest BCUT2D eigenvalue weighted by Crippen LogP contribution is -2.33. The second-order valence-corrected chi connectivity index (χ2v) is 6.76. The Labute approximate surface area is 149 Å². The molecule has 138 valence electrons. The monoisotopic (exact) mass is 346 g/mol. The minimum atomic E-state index is 0.130. The van der Waals surface area contributed by atoms with Gasteiger partial charge in [-0.05, 0) is 25.7 Å². The third-order valence-electron chi connectivity index (χ3n) is 4.88. The van der Waals surface area contributed by atoms with Gasteiger partial charge >= 0.3 is 0 Å². The molecule has 2 aromatic heterocycles. The summed E-state index contributed by atoms with van der Waals surface area (Å²) in [6.45, 7) is 5.97. The molecule has 0 amide bonds. The van der Waals surface area contributed by atoms with E-state index in [0.29, 0.717) is 12.3 Å². The number of unbranched alkanes of at least 4 members (excludes halogenated alkanes) is 3. The number of aliphatic hydroxyl groups excluding tert-OH is 1. The van der Waals surface area contributed by atoms with Gasteiger partial charge in [-0.2, -0.15) is 19.6 Å². The van der Waals surface area contributed by atoms with Crippen LogP contribution in [0.1, 0.15) is 51.9 Å². The first kappa shape index (κ1) is 17.9. The smallest absolute Gasteiger partial charge is 0.256 e. The molecule has 3 rings (SSSR count). The minimum Gasteiger partial charge on any atom is -0.395 e. The highest BCUT2D eigenvalue weighted by Gasteiger charge is 2.18. The Bertz CT molecular complexity index is 652. The molecule has 0 atom stereocenters. The molecule has 0 aromatic carbocycles. The Morgan fingerprint density at radius 1 is 1.12 bits per heavy atom. The SMILES string of the molecule is CCCCCCN(CCO)c1cc(N2CCCCC2)nc2ncnn12. The van der Waals surface area contributed by atoms with Gasteiger partial charge in [-0.3, -0.25) is 0 Å². The van der Waals surface area contributed by atoms with E-state index in [-0.39, 0.29) is 6.61 Å². The van der Waals surface area contributed by atoms with Crippen LogP contribution in [0.3, 0.4) is 0 Å². The molecule has 1 aliphatic rings. The number of hydrogen-bond acceptors (Lipinski definition) is 6. The molecule has 0 bridgehead atoms.